The molecule has 0 atom stereocenters. The lowest BCUT2D eigenvalue weighted by molar-refractivity contribution is 0.432. The minimum atomic E-state index is -3.44. The Hall–Kier alpha value is 0.0900. The van der Waals surface area contributed by atoms with Crippen molar-refractivity contribution in [2.75, 3.05) is 6.54 Å². The highest BCUT2D eigenvalue weighted by atomic mass is 79.9. The Kier molecular flexibility index (Phi) is 3.57. The zero-order valence-electron chi connectivity index (χ0n) is 10.3. The van der Waals surface area contributed by atoms with Gasteiger partial charge in [-0.1, -0.05) is 15.9 Å². The number of halogens is 2. The van der Waals surface area contributed by atoms with E-state index in [0.717, 1.165) is 10.4 Å². The van der Waals surface area contributed by atoms with Gasteiger partial charge < -0.3 is 0 Å². The van der Waals surface area contributed by atoms with Crippen LogP contribution in [-0.2, 0) is 10.0 Å². The van der Waals surface area contributed by atoms with Gasteiger partial charge >= 0.3 is 0 Å². The van der Waals surface area contributed by atoms with E-state index >= 15 is 0 Å². The fraction of sp³-hybridized carbons (Fsp3) is 0.538. The number of hydrogen-bond donors (Lipinski definition) is 1. The van der Waals surface area contributed by atoms with Crippen molar-refractivity contribution in [3.63, 3.8) is 0 Å². The zero-order valence-corrected chi connectivity index (χ0v) is 14.3. The molecule has 0 aromatic heterocycles. The molecular formula is C13H15Br2NO2S. The molecule has 0 saturated heterocycles. The summed E-state index contributed by atoms with van der Waals surface area (Å²) >= 11 is 6.62. The molecule has 2 aliphatic carbocycles. The molecule has 0 amide bonds. The molecule has 0 aliphatic heterocycles. The van der Waals surface area contributed by atoms with Crippen LogP contribution in [0.2, 0.25) is 0 Å². The minimum absolute atomic E-state index is 0.269. The maximum absolute atomic E-state index is 12.4. The first-order chi connectivity index (χ1) is 8.93. The smallest absolute Gasteiger partial charge is 0.211 e. The van der Waals surface area contributed by atoms with Gasteiger partial charge in [-0.3, -0.25) is 0 Å². The number of benzene rings is 1. The average Bonchev–Trinajstić information content (AvgIpc) is 3.22. The van der Waals surface area contributed by atoms with E-state index in [1.807, 2.05) is 6.07 Å². The summed E-state index contributed by atoms with van der Waals surface area (Å²) in [5.74, 6) is 0.751. The maximum atomic E-state index is 12.4. The molecule has 0 unspecified atom stereocenters. The van der Waals surface area contributed by atoms with E-state index in [1.165, 1.54) is 25.7 Å². The lowest BCUT2D eigenvalue weighted by Crippen LogP contribution is -2.31. The monoisotopic (exact) mass is 407 g/mol. The molecular weight excluding hydrogens is 394 g/mol. The number of sulfonamides is 1. The van der Waals surface area contributed by atoms with Crippen molar-refractivity contribution in [1.82, 2.24) is 4.72 Å². The lowest BCUT2D eigenvalue weighted by Gasteiger charge is -2.16. The molecule has 0 spiro atoms. The molecule has 0 heterocycles. The predicted octanol–water partition coefficient (Wildman–Crippen LogP) is 3.68. The maximum Gasteiger partial charge on any atom is 0.241 e. The van der Waals surface area contributed by atoms with Crippen LogP contribution < -0.4 is 4.72 Å². The van der Waals surface area contributed by atoms with Gasteiger partial charge in [0.1, 0.15) is 0 Å². The molecule has 2 fully saturated rings. The third-order valence-corrected chi connectivity index (χ3v) is 7.02. The van der Waals surface area contributed by atoms with Gasteiger partial charge in [0.2, 0.25) is 10.0 Å². The van der Waals surface area contributed by atoms with Crippen LogP contribution in [0.15, 0.2) is 32.0 Å². The minimum Gasteiger partial charge on any atom is -0.211 e. The summed E-state index contributed by atoms with van der Waals surface area (Å²) in [4.78, 5) is 0.300. The standard InChI is InChI=1S/C13H15Br2NO2S/c14-10-3-4-11(15)12(7-10)19(17,18)16-8-13(5-6-13)9-1-2-9/h3-4,7,9,16H,1-2,5-6,8H2. The van der Waals surface area contributed by atoms with E-state index < -0.39 is 10.0 Å². The highest BCUT2D eigenvalue weighted by Crippen LogP contribution is 2.60. The van der Waals surface area contributed by atoms with Gasteiger partial charge in [-0.2, -0.15) is 0 Å². The van der Waals surface area contributed by atoms with Crippen LogP contribution in [0.5, 0.6) is 0 Å². The molecule has 3 nitrogen and oxygen atoms in total. The summed E-state index contributed by atoms with van der Waals surface area (Å²) < 4.78 is 28.9. The lowest BCUT2D eigenvalue weighted by atomic mass is 10.0. The van der Waals surface area contributed by atoms with E-state index in [2.05, 4.69) is 36.6 Å². The van der Waals surface area contributed by atoms with E-state index in [0.29, 0.717) is 15.9 Å². The Morgan fingerprint density at radius 3 is 2.53 bits per heavy atom. The Labute approximate surface area is 130 Å². The summed E-state index contributed by atoms with van der Waals surface area (Å²) in [5.41, 5.74) is 0.269. The Morgan fingerprint density at radius 2 is 1.95 bits per heavy atom. The van der Waals surface area contributed by atoms with Crippen LogP contribution in [0.4, 0.5) is 0 Å². The third-order valence-electron chi connectivity index (χ3n) is 4.13. The molecule has 19 heavy (non-hydrogen) atoms. The first kappa shape index (κ1) is 14.0. The third kappa shape index (κ3) is 2.91. The highest BCUT2D eigenvalue weighted by molar-refractivity contribution is 9.11. The average molecular weight is 409 g/mol. The molecule has 0 radical (unpaired) electrons. The summed E-state index contributed by atoms with van der Waals surface area (Å²) in [6.07, 6.45) is 4.87. The van der Waals surface area contributed by atoms with Gasteiger partial charge in [0.25, 0.3) is 0 Å². The van der Waals surface area contributed by atoms with E-state index in [1.54, 1.807) is 12.1 Å². The first-order valence-electron chi connectivity index (χ1n) is 6.38. The Balaban J connectivity index is 1.77. The fourth-order valence-electron chi connectivity index (χ4n) is 2.59. The molecule has 1 aromatic rings. The SMILES string of the molecule is O=S(=O)(NCC1(C2CC2)CC1)c1cc(Br)ccc1Br. The van der Waals surface area contributed by atoms with Gasteiger partial charge in [-0.05, 0) is 71.1 Å². The summed E-state index contributed by atoms with van der Waals surface area (Å²) in [6, 6.07) is 5.19. The summed E-state index contributed by atoms with van der Waals surface area (Å²) in [5, 5.41) is 0. The van der Waals surface area contributed by atoms with Crippen molar-refractivity contribution in [1.29, 1.82) is 0 Å². The molecule has 2 saturated carbocycles. The highest BCUT2D eigenvalue weighted by Gasteiger charge is 2.53. The molecule has 1 aromatic carbocycles. The number of hydrogen-bond acceptors (Lipinski definition) is 2. The second-order valence-corrected chi connectivity index (χ2v) is 9.04. The van der Waals surface area contributed by atoms with Gasteiger partial charge in [0, 0.05) is 15.5 Å². The van der Waals surface area contributed by atoms with Crippen LogP contribution >= 0.6 is 31.9 Å². The van der Waals surface area contributed by atoms with Crippen molar-refractivity contribution in [3.8, 4) is 0 Å². The number of rotatable bonds is 5. The topological polar surface area (TPSA) is 46.2 Å². The Bertz CT molecular complexity index is 607. The van der Waals surface area contributed by atoms with Crippen molar-refractivity contribution >= 4 is 41.9 Å². The van der Waals surface area contributed by atoms with Gasteiger partial charge in [0.05, 0.1) is 4.90 Å². The van der Waals surface area contributed by atoms with Crippen LogP contribution in [-0.4, -0.2) is 15.0 Å². The summed E-state index contributed by atoms with van der Waals surface area (Å²) in [7, 11) is -3.44. The quantitative estimate of drug-likeness (QED) is 0.807. The molecule has 3 rings (SSSR count). The van der Waals surface area contributed by atoms with E-state index in [9.17, 15) is 8.42 Å². The molecule has 0 bridgehead atoms. The number of nitrogens with one attached hydrogen (secondary N) is 1. The van der Waals surface area contributed by atoms with Crippen LogP contribution in [0.1, 0.15) is 25.7 Å². The Morgan fingerprint density at radius 1 is 1.26 bits per heavy atom. The molecule has 104 valence electrons. The van der Waals surface area contributed by atoms with Gasteiger partial charge in [0.15, 0.2) is 0 Å². The van der Waals surface area contributed by atoms with Crippen molar-refractivity contribution in [2.45, 2.75) is 30.6 Å². The van der Waals surface area contributed by atoms with Gasteiger partial charge in [-0.25, -0.2) is 13.1 Å². The molecule has 6 heteroatoms. The second kappa shape index (κ2) is 4.83. The fourth-order valence-corrected chi connectivity index (χ4v) is 5.22. The van der Waals surface area contributed by atoms with Crippen LogP contribution in [0, 0.1) is 11.3 Å². The predicted molar refractivity (Wildman–Crippen MR) is 81.4 cm³/mol. The second-order valence-electron chi connectivity index (χ2n) is 5.54. The van der Waals surface area contributed by atoms with Crippen molar-refractivity contribution in [2.24, 2.45) is 11.3 Å². The summed E-state index contributed by atoms with van der Waals surface area (Å²) in [6.45, 7) is 0.582. The van der Waals surface area contributed by atoms with Crippen molar-refractivity contribution < 1.29 is 8.42 Å². The molecule has 1 N–H and O–H groups in total. The van der Waals surface area contributed by atoms with E-state index in [-0.39, 0.29) is 5.41 Å². The van der Waals surface area contributed by atoms with E-state index in [4.69, 9.17) is 0 Å². The van der Waals surface area contributed by atoms with Crippen LogP contribution in [0.25, 0.3) is 0 Å². The normalized spacial score (nSPS) is 21.4. The molecule has 2 aliphatic rings. The van der Waals surface area contributed by atoms with Crippen LogP contribution in [0.3, 0.4) is 0 Å². The first-order valence-corrected chi connectivity index (χ1v) is 9.45. The van der Waals surface area contributed by atoms with Gasteiger partial charge in [-0.15, -0.1) is 0 Å². The largest absolute Gasteiger partial charge is 0.241 e. The van der Waals surface area contributed by atoms with Crippen molar-refractivity contribution in [3.05, 3.63) is 27.1 Å². The zero-order chi connectivity index (χ0) is 13.7.